The quantitative estimate of drug-likeness (QED) is 0.352. The van der Waals surface area contributed by atoms with Crippen molar-refractivity contribution in [1.29, 1.82) is 0 Å². The first-order valence-corrected chi connectivity index (χ1v) is 7.58. The van der Waals surface area contributed by atoms with Crippen LogP contribution in [0.1, 0.15) is 52.9 Å². The average Bonchev–Trinajstić information content (AvgIpc) is 2.54. The van der Waals surface area contributed by atoms with Gasteiger partial charge in [0.2, 0.25) is 5.91 Å². The van der Waals surface area contributed by atoms with Gasteiger partial charge in [-0.15, -0.1) is 0 Å². The fourth-order valence-corrected chi connectivity index (χ4v) is 3.65. The molecule has 1 aliphatic heterocycles. The summed E-state index contributed by atoms with van der Waals surface area (Å²) in [5.74, 6) is 0.607. The molecule has 20 heavy (non-hydrogen) atoms. The molecule has 0 unspecified atom stereocenters. The summed E-state index contributed by atoms with van der Waals surface area (Å²) >= 11 is 0. The zero-order valence-corrected chi connectivity index (χ0v) is 12.9. The van der Waals surface area contributed by atoms with Crippen molar-refractivity contribution in [2.24, 2.45) is 27.6 Å². The van der Waals surface area contributed by atoms with Gasteiger partial charge in [-0.25, -0.2) is 0 Å². The third-order valence-corrected chi connectivity index (χ3v) is 5.03. The minimum absolute atomic E-state index is 0.0589. The van der Waals surface area contributed by atoms with Gasteiger partial charge in [-0.3, -0.25) is 4.79 Å². The van der Waals surface area contributed by atoms with E-state index in [0.717, 1.165) is 32.4 Å². The number of rotatable bonds is 2. The minimum Gasteiger partial charge on any atom is -0.409 e. The van der Waals surface area contributed by atoms with Crippen LogP contribution in [0.5, 0.6) is 0 Å². The molecule has 1 amide bonds. The Morgan fingerprint density at radius 1 is 1.30 bits per heavy atom. The third kappa shape index (κ3) is 2.63. The van der Waals surface area contributed by atoms with Gasteiger partial charge in [0.1, 0.15) is 5.41 Å². The smallest absolute Gasteiger partial charge is 0.236 e. The Hall–Kier alpha value is -1.26. The molecule has 0 radical (unpaired) electrons. The van der Waals surface area contributed by atoms with E-state index in [1.165, 1.54) is 0 Å². The first-order chi connectivity index (χ1) is 9.31. The van der Waals surface area contributed by atoms with E-state index >= 15 is 0 Å². The van der Waals surface area contributed by atoms with Gasteiger partial charge in [-0.05, 0) is 43.4 Å². The summed E-state index contributed by atoms with van der Waals surface area (Å²) in [4.78, 5) is 14.8. The second-order valence-electron chi connectivity index (χ2n) is 7.39. The monoisotopic (exact) mass is 281 g/mol. The molecule has 2 aliphatic rings. The Kier molecular flexibility index (Phi) is 3.98. The molecule has 114 valence electrons. The molecule has 5 nitrogen and oxygen atoms in total. The summed E-state index contributed by atoms with van der Waals surface area (Å²) in [6.07, 6.45) is 4.58. The largest absolute Gasteiger partial charge is 0.409 e. The number of amidine groups is 1. The first kappa shape index (κ1) is 15.1. The van der Waals surface area contributed by atoms with Crippen LogP contribution < -0.4 is 5.73 Å². The van der Waals surface area contributed by atoms with Gasteiger partial charge in [0.25, 0.3) is 0 Å². The van der Waals surface area contributed by atoms with Crippen LogP contribution in [0.2, 0.25) is 0 Å². The van der Waals surface area contributed by atoms with Crippen LogP contribution >= 0.6 is 0 Å². The van der Waals surface area contributed by atoms with Gasteiger partial charge in [-0.2, -0.15) is 0 Å². The van der Waals surface area contributed by atoms with E-state index in [1.54, 1.807) is 0 Å². The maximum absolute atomic E-state index is 12.9. The molecule has 2 fully saturated rings. The number of nitrogens with zero attached hydrogens (tertiary/aromatic N) is 2. The average molecular weight is 281 g/mol. The Morgan fingerprint density at radius 2 is 1.95 bits per heavy atom. The number of carbonyl (C=O) groups is 1. The van der Waals surface area contributed by atoms with Crippen molar-refractivity contribution in [3.63, 3.8) is 0 Å². The third-order valence-electron chi connectivity index (χ3n) is 5.03. The van der Waals surface area contributed by atoms with Crippen LogP contribution in [0.4, 0.5) is 0 Å². The molecule has 1 saturated heterocycles. The van der Waals surface area contributed by atoms with Crippen molar-refractivity contribution in [3.05, 3.63) is 0 Å². The lowest BCUT2D eigenvalue weighted by Gasteiger charge is -2.46. The molecule has 0 atom stereocenters. The minimum atomic E-state index is -0.747. The molecule has 0 aromatic rings. The zero-order chi connectivity index (χ0) is 15.0. The van der Waals surface area contributed by atoms with Crippen LogP contribution in [0.15, 0.2) is 5.16 Å². The zero-order valence-electron chi connectivity index (χ0n) is 12.9. The van der Waals surface area contributed by atoms with Gasteiger partial charge in [0.15, 0.2) is 5.84 Å². The van der Waals surface area contributed by atoms with Crippen LogP contribution in [0, 0.1) is 16.7 Å². The second kappa shape index (κ2) is 5.26. The first-order valence-electron chi connectivity index (χ1n) is 7.58. The Labute approximate surface area is 121 Å². The predicted octanol–water partition coefficient (Wildman–Crippen LogP) is 2.19. The molecule has 1 heterocycles. The Bertz CT molecular complexity index is 411. The summed E-state index contributed by atoms with van der Waals surface area (Å²) < 4.78 is 0. The standard InChI is InChI=1S/C15H27N3O2/c1-11-9-15(10-11,12(16)17-20)13(19)18-7-4-5-14(2,3)6-8-18/h11,20H,4-10H2,1-3H3,(H2,16,17). The lowest BCUT2D eigenvalue weighted by Crippen LogP contribution is -2.57. The fraction of sp³-hybridized carbons (Fsp3) is 0.867. The van der Waals surface area contributed by atoms with Gasteiger partial charge in [0, 0.05) is 13.1 Å². The summed E-state index contributed by atoms with van der Waals surface area (Å²) in [7, 11) is 0. The normalized spacial score (nSPS) is 34.2. The Balaban J connectivity index is 2.13. The van der Waals surface area contributed by atoms with E-state index in [-0.39, 0.29) is 11.7 Å². The number of amides is 1. The predicted molar refractivity (Wildman–Crippen MR) is 78.5 cm³/mol. The highest BCUT2D eigenvalue weighted by molar-refractivity contribution is 6.07. The lowest BCUT2D eigenvalue weighted by atomic mass is 9.61. The SMILES string of the molecule is CC1CC(C(=O)N2CCCC(C)(C)CC2)(C(N)=NO)C1. The molecular weight excluding hydrogens is 254 g/mol. The van der Waals surface area contributed by atoms with Crippen molar-refractivity contribution in [2.45, 2.75) is 52.9 Å². The van der Waals surface area contributed by atoms with E-state index in [1.807, 2.05) is 4.90 Å². The molecule has 1 saturated carbocycles. The number of hydrogen-bond acceptors (Lipinski definition) is 3. The molecule has 0 aromatic carbocycles. The highest BCUT2D eigenvalue weighted by Gasteiger charge is 2.53. The van der Waals surface area contributed by atoms with Gasteiger partial charge in [0.05, 0.1) is 0 Å². The topological polar surface area (TPSA) is 78.9 Å². The van der Waals surface area contributed by atoms with E-state index in [9.17, 15) is 4.79 Å². The number of nitrogens with two attached hydrogens (primary N) is 1. The fourth-order valence-electron chi connectivity index (χ4n) is 3.65. The summed E-state index contributed by atoms with van der Waals surface area (Å²) in [5.41, 5.74) is 5.38. The number of likely N-dealkylation sites (tertiary alicyclic amines) is 1. The van der Waals surface area contributed by atoms with Crippen molar-refractivity contribution >= 4 is 11.7 Å². The Morgan fingerprint density at radius 3 is 2.50 bits per heavy atom. The molecule has 2 rings (SSSR count). The molecule has 5 heteroatoms. The summed E-state index contributed by atoms with van der Waals surface area (Å²) in [5, 5.41) is 12.1. The van der Waals surface area contributed by atoms with Gasteiger partial charge >= 0.3 is 0 Å². The van der Waals surface area contributed by atoms with Crippen LogP contribution in [-0.2, 0) is 4.79 Å². The molecule has 0 bridgehead atoms. The van der Waals surface area contributed by atoms with Crippen LogP contribution in [-0.4, -0.2) is 34.9 Å². The van der Waals surface area contributed by atoms with Crippen molar-refractivity contribution < 1.29 is 10.0 Å². The summed E-state index contributed by atoms with van der Waals surface area (Å²) in [6.45, 7) is 8.18. The molecule has 1 aliphatic carbocycles. The molecular formula is C15H27N3O2. The molecule has 3 N–H and O–H groups in total. The molecule has 0 spiro atoms. The number of carbonyl (C=O) groups excluding carboxylic acids is 1. The highest BCUT2D eigenvalue weighted by Crippen LogP contribution is 2.47. The summed E-state index contributed by atoms with van der Waals surface area (Å²) in [6, 6.07) is 0. The van der Waals surface area contributed by atoms with Crippen molar-refractivity contribution in [2.75, 3.05) is 13.1 Å². The number of hydrogen-bond donors (Lipinski definition) is 2. The second-order valence-corrected chi connectivity index (χ2v) is 7.39. The van der Waals surface area contributed by atoms with E-state index in [4.69, 9.17) is 10.9 Å². The van der Waals surface area contributed by atoms with E-state index in [2.05, 4.69) is 25.9 Å². The van der Waals surface area contributed by atoms with E-state index in [0.29, 0.717) is 24.2 Å². The lowest BCUT2D eigenvalue weighted by molar-refractivity contribution is -0.144. The van der Waals surface area contributed by atoms with Crippen LogP contribution in [0.3, 0.4) is 0 Å². The maximum atomic E-state index is 12.9. The van der Waals surface area contributed by atoms with Crippen LogP contribution in [0.25, 0.3) is 0 Å². The van der Waals surface area contributed by atoms with Crippen molar-refractivity contribution in [1.82, 2.24) is 4.90 Å². The van der Waals surface area contributed by atoms with Gasteiger partial charge < -0.3 is 15.8 Å². The molecule has 0 aromatic heterocycles. The van der Waals surface area contributed by atoms with Gasteiger partial charge in [-0.1, -0.05) is 25.9 Å². The van der Waals surface area contributed by atoms with Crippen molar-refractivity contribution in [3.8, 4) is 0 Å². The number of oxime groups is 1. The maximum Gasteiger partial charge on any atom is 0.236 e. The highest BCUT2D eigenvalue weighted by atomic mass is 16.4. The van der Waals surface area contributed by atoms with E-state index < -0.39 is 5.41 Å².